The van der Waals surface area contributed by atoms with Gasteiger partial charge < -0.3 is 25.1 Å². The summed E-state index contributed by atoms with van der Waals surface area (Å²) in [6.45, 7) is 8.81. The van der Waals surface area contributed by atoms with E-state index in [2.05, 4.69) is 16.7 Å². The third kappa shape index (κ3) is 3.99. The van der Waals surface area contributed by atoms with Gasteiger partial charge in [0.05, 0.1) is 11.6 Å². The number of amides is 2. The molecule has 1 unspecified atom stereocenters. The van der Waals surface area contributed by atoms with Gasteiger partial charge in [-0.05, 0) is 44.0 Å². The van der Waals surface area contributed by atoms with Gasteiger partial charge in [0.25, 0.3) is 11.7 Å². The highest BCUT2D eigenvalue weighted by Gasteiger charge is 2.48. The summed E-state index contributed by atoms with van der Waals surface area (Å²) in [6, 6.07) is 7.26. The van der Waals surface area contributed by atoms with Gasteiger partial charge in [-0.1, -0.05) is 29.9 Å². The maximum atomic E-state index is 13.3. The van der Waals surface area contributed by atoms with Crippen LogP contribution in [0.5, 0.6) is 5.75 Å². The maximum Gasteiger partial charge on any atom is 0.301 e. The number of carbonyl (C=O) groups excluding carboxylic acids is 3. The molecule has 35 heavy (non-hydrogen) atoms. The summed E-state index contributed by atoms with van der Waals surface area (Å²) < 4.78 is 10.7. The van der Waals surface area contributed by atoms with Gasteiger partial charge in [0.1, 0.15) is 29.6 Å². The van der Waals surface area contributed by atoms with Gasteiger partial charge in [0.15, 0.2) is 5.82 Å². The molecule has 4 rings (SSSR count). The van der Waals surface area contributed by atoms with E-state index in [1.807, 2.05) is 0 Å². The van der Waals surface area contributed by atoms with Crippen molar-refractivity contribution in [1.29, 1.82) is 0 Å². The summed E-state index contributed by atoms with van der Waals surface area (Å²) in [6.07, 6.45) is 1.61. The van der Waals surface area contributed by atoms with E-state index in [1.165, 1.54) is 11.0 Å². The Labute approximate surface area is 200 Å². The second kappa shape index (κ2) is 8.98. The SMILES string of the molecule is C=CCOc1ccc(C2/C(=C(\O)c3c(C)[nH]c(C(N)=O)c3C)C(=O)C(=O)N2c2cc(C)on2)cc1. The number of anilines is 1. The maximum absolute atomic E-state index is 13.3. The van der Waals surface area contributed by atoms with Gasteiger partial charge in [-0.2, -0.15) is 0 Å². The highest BCUT2D eigenvalue weighted by Crippen LogP contribution is 2.43. The molecule has 0 bridgehead atoms. The average Bonchev–Trinajstić information content (AvgIpc) is 3.46. The lowest BCUT2D eigenvalue weighted by molar-refractivity contribution is -0.132. The molecule has 1 fully saturated rings. The minimum atomic E-state index is -1.02. The van der Waals surface area contributed by atoms with Crippen molar-refractivity contribution in [3.05, 3.63) is 82.4 Å². The molecule has 0 spiro atoms. The van der Waals surface area contributed by atoms with E-state index < -0.39 is 29.4 Å². The summed E-state index contributed by atoms with van der Waals surface area (Å²) in [5.74, 6) is -1.79. The van der Waals surface area contributed by atoms with Gasteiger partial charge in [-0.3, -0.25) is 19.3 Å². The Morgan fingerprint density at radius 2 is 1.97 bits per heavy atom. The standard InChI is InChI=1S/C25H24N4O6/c1-5-10-34-16-8-6-15(7-9-16)21-19(22(30)18-13(3)20(24(26)32)27-14(18)4)23(31)25(33)29(21)17-11-12(2)35-28-17/h5-9,11,21,27,30H,1,10H2,2-4H3,(H2,26,32)/b22-19+. The highest BCUT2D eigenvalue weighted by molar-refractivity contribution is 6.51. The number of ether oxygens (including phenoxy) is 1. The summed E-state index contributed by atoms with van der Waals surface area (Å²) in [4.78, 5) is 42.3. The van der Waals surface area contributed by atoms with Crippen molar-refractivity contribution in [2.45, 2.75) is 26.8 Å². The number of hydrogen-bond acceptors (Lipinski definition) is 7. The van der Waals surface area contributed by atoms with E-state index in [4.69, 9.17) is 15.0 Å². The minimum Gasteiger partial charge on any atom is -0.507 e. The molecule has 3 aromatic rings. The third-order valence-corrected chi connectivity index (χ3v) is 5.79. The lowest BCUT2D eigenvalue weighted by atomic mass is 9.94. The van der Waals surface area contributed by atoms with Crippen LogP contribution in [0.1, 0.15) is 44.7 Å². The Balaban J connectivity index is 1.92. The van der Waals surface area contributed by atoms with E-state index in [9.17, 15) is 19.5 Å². The zero-order valence-electron chi connectivity index (χ0n) is 19.4. The van der Waals surface area contributed by atoms with Crippen LogP contribution in [0.3, 0.4) is 0 Å². The molecule has 0 saturated carbocycles. The predicted molar refractivity (Wildman–Crippen MR) is 127 cm³/mol. The first kappa shape index (κ1) is 23.6. The topological polar surface area (TPSA) is 152 Å². The van der Waals surface area contributed by atoms with Crippen LogP contribution in [0.25, 0.3) is 5.76 Å². The Morgan fingerprint density at radius 3 is 2.51 bits per heavy atom. The molecule has 2 amide bonds. The van der Waals surface area contributed by atoms with E-state index in [0.717, 1.165) is 0 Å². The number of aliphatic hydroxyl groups is 1. The smallest absolute Gasteiger partial charge is 0.301 e. The van der Waals surface area contributed by atoms with Crippen molar-refractivity contribution in [2.75, 3.05) is 11.5 Å². The number of nitrogens with zero attached hydrogens (tertiary/aromatic N) is 2. The number of primary amides is 1. The molecule has 3 heterocycles. The number of carbonyl (C=O) groups is 3. The minimum absolute atomic E-state index is 0.102. The highest BCUT2D eigenvalue weighted by atomic mass is 16.5. The molecule has 1 saturated heterocycles. The van der Waals surface area contributed by atoms with Crippen LogP contribution >= 0.6 is 0 Å². The fourth-order valence-electron chi connectivity index (χ4n) is 4.24. The number of nitrogens with two attached hydrogens (primary N) is 1. The molecular formula is C25H24N4O6. The van der Waals surface area contributed by atoms with Gasteiger partial charge >= 0.3 is 5.91 Å². The van der Waals surface area contributed by atoms with Gasteiger partial charge in [-0.25, -0.2) is 0 Å². The number of aliphatic hydroxyl groups excluding tert-OH is 1. The van der Waals surface area contributed by atoms with Crippen molar-refractivity contribution in [3.8, 4) is 5.75 Å². The predicted octanol–water partition coefficient (Wildman–Crippen LogP) is 3.22. The quantitative estimate of drug-likeness (QED) is 0.205. The van der Waals surface area contributed by atoms with Gasteiger partial charge in [0, 0.05) is 17.3 Å². The van der Waals surface area contributed by atoms with Crippen LogP contribution in [-0.4, -0.2) is 39.5 Å². The first-order valence-electron chi connectivity index (χ1n) is 10.7. The fourth-order valence-corrected chi connectivity index (χ4v) is 4.24. The summed E-state index contributed by atoms with van der Waals surface area (Å²) in [7, 11) is 0. The number of aromatic nitrogens is 2. The van der Waals surface area contributed by atoms with Crippen LogP contribution in [0.2, 0.25) is 0 Å². The zero-order valence-corrected chi connectivity index (χ0v) is 19.4. The average molecular weight is 476 g/mol. The van der Waals surface area contributed by atoms with Gasteiger partial charge in [-0.15, -0.1) is 0 Å². The largest absolute Gasteiger partial charge is 0.507 e. The first-order chi connectivity index (χ1) is 16.6. The normalized spacial score (nSPS) is 17.1. The van der Waals surface area contributed by atoms with Crippen LogP contribution in [0, 0.1) is 20.8 Å². The Bertz CT molecular complexity index is 1380. The molecule has 10 nitrogen and oxygen atoms in total. The monoisotopic (exact) mass is 476 g/mol. The van der Waals surface area contributed by atoms with Crippen molar-refractivity contribution in [1.82, 2.24) is 10.1 Å². The molecule has 1 aromatic carbocycles. The van der Waals surface area contributed by atoms with E-state index in [0.29, 0.717) is 34.9 Å². The Morgan fingerprint density at radius 1 is 1.29 bits per heavy atom. The number of aryl methyl sites for hydroxylation is 2. The summed E-state index contributed by atoms with van der Waals surface area (Å²) in [5, 5.41) is 15.3. The number of benzene rings is 1. The Hall–Kier alpha value is -4.60. The third-order valence-electron chi connectivity index (χ3n) is 5.79. The van der Waals surface area contributed by atoms with E-state index in [1.54, 1.807) is 51.1 Å². The number of ketones is 1. The molecule has 1 atom stereocenters. The second-order valence-electron chi connectivity index (χ2n) is 8.12. The molecule has 180 valence electrons. The van der Waals surface area contributed by atoms with Crippen LogP contribution < -0.4 is 15.4 Å². The lowest BCUT2D eigenvalue weighted by Gasteiger charge is -2.23. The van der Waals surface area contributed by atoms with Gasteiger partial charge in [0.2, 0.25) is 0 Å². The number of H-pyrrole nitrogens is 1. The number of nitrogens with one attached hydrogen (secondary N) is 1. The number of hydrogen-bond donors (Lipinski definition) is 3. The number of aromatic amines is 1. The molecule has 2 aromatic heterocycles. The van der Waals surface area contributed by atoms with Crippen LogP contribution in [-0.2, 0) is 9.59 Å². The molecule has 1 aliphatic heterocycles. The molecule has 0 aliphatic carbocycles. The summed E-state index contributed by atoms with van der Waals surface area (Å²) in [5.41, 5.74) is 6.92. The molecule has 0 radical (unpaired) electrons. The van der Waals surface area contributed by atoms with Crippen molar-refractivity contribution < 1.29 is 28.8 Å². The number of Topliss-reactive ketones (excluding diaryl/α,β-unsaturated/α-hetero) is 1. The molecular weight excluding hydrogens is 452 g/mol. The number of rotatable bonds is 7. The van der Waals surface area contributed by atoms with E-state index >= 15 is 0 Å². The zero-order chi connectivity index (χ0) is 25.4. The second-order valence-corrected chi connectivity index (χ2v) is 8.12. The van der Waals surface area contributed by atoms with Crippen molar-refractivity contribution >= 4 is 29.2 Å². The van der Waals surface area contributed by atoms with Crippen molar-refractivity contribution in [2.24, 2.45) is 5.73 Å². The van der Waals surface area contributed by atoms with Crippen LogP contribution in [0.4, 0.5) is 5.82 Å². The molecule has 4 N–H and O–H groups in total. The van der Waals surface area contributed by atoms with Crippen molar-refractivity contribution in [3.63, 3.8) is 0 Å². The summed E-state index contributed by atoms with van der Waals surface area (Å²) >= 11 is 0. The Kier molecular flexibility index (Phi) is 6.04. The molecule has 1 aliphatic rings. The lowest BCUT2D eigenvalue weighted by Crippen LogP contribution is -2.29. The first-order valence-corrected chi connectivity index (χ1v) is 10.7. The molecule has 10 heteroatoms. The fraction of sp³-hybridized carbons (Fsp3) is 0.200. The van der Waals surface area contributed by atoms with Crippen LogP contribution in [0.15, 0.2) is 53.1 Å². The van der Waals surface area contributed by atoms with E-state index in [-0.39, 0.29) is 22.6 Å².